The van der Waals surface area contributed by atoms with Gasteiger partial charge in [0.2, 0.25) is 12.3 Å². The van der Waals surface area contributed by atoms with Crippen molar-refractivity contribution in [1.29, 1.82) is 0 Å². The normalized spacial score (nSPS) is 18.1. The lowest BCUT2D eigenvalue weighted by Crippen LogP contribution is -2.61. The number of carbonyl (C=O) groups is 4. The minimum absolute atomic E-state index is 0.0413. The summed E-state index contributed by atoms with van der Waals surface area (Å²) in [4.78, 5) is 48.9. The van der Waals surface area contributed by atoms with Gasteiger partial charge in [-0.1, -0.05) is 26.0 Å². The molecule has 3 amide bonds. The molecule has 1 unspecified atom stereocenters. The number of benzene rings is 1. The van der Waals surface area contributed by atoms with E-state index in [9.17, 15) is 24.3 Å². The van der Waals surface area contributed by atoms with Crippen molar-refractivity contribution in [3.8, 4) is 5.75 Å². The smallest absolute Gasteiger partial charge is 0.324 e. The molecule has 0 radical (unpaired) electrons. The molecule has 0 bridgehead atoms. The molecule has 31 heavy (non-hydrogen) atoms. The first-order chi connectivity index (χ1) is 14.8. The van der Waals surface area contributed by atoms with E-state index in [1.165, 1.54) is 24.3 Å². The highest BCUT2D eigenvalue weighted by atomic mass is 16.5. The van der Waals surface area contributed by atoms with E-state index in [1.54, 1.807) is 26.0 Å². The van der Waals surface area contributed by atoms with Crippen molar-refractivity contribution in [1.82, 2.24) is 21.1 Å². The summed E-state index contributed by atoms with van der Waals surface area (Å²) in [6.07, 6.45) is 1.68. The molecule has 0 spiro atoms. The Labute approximate surface area is 181 Å². The molecule has 1 aliphatic rings. The van der Waals surface area contributed by atoms with Gasteiger partial charge in [-0.05, 0) is 36.5 Å². The zero-order valence-electron chi connectivity index (χ0n) is 18.0. The van der Waals surface area contributed by atoms with Crippen LogP contribution in [-0.2, 0) is 30.3 Å². The summed E-state index contributed by atoms with van der Waals surface area (Å²) in [6.45, 7) is 3.92. The maximum Gasteiger partial charge on any atom is 0.324 e. The second kappa shape index (κ2) is 11.3. The summed E-state index contributed by atoms with van der Waals surface area (Å²) in [5.41, 5.74) is 3.51. The van der Waals surface area contributed by atoms with Gasteiger partial charge in [-0.3, -0.25) is 24.2 Å². The number of nitrogens with one attached hydrogen (secondary N) is 3. The molecule has 10 nitrogen and oxygen atoms in total. The molecule has 170 valence electrons. The summed E-state index contributed by atoms with van der Waals surface area (Å²) in [5, 5.41) is 16.3. The van der Waals surface area contributed by atoms with Crippen molar-refractivity contribution in [2.24, 2.45) is 5.92 Å². The number of rotatable bonds is 9. The summed E-state index contributed by atoms with van der Waals surface area (Å²) < 4.78 is 4.76. The first-order valence-electron chi connectivity index (χ1n) is 10.2. The number of aromatic hydroxyl groups is 1. The standard InChI is InChI=1S/C21H30N4O6/c1-13(2)18(22-12-26)19(28)23-17(11-14-6-4-7-15(27)10-14)20(29)25-9-5-8-16(24-25)21(30)31-3/h4,6-7,10,12-13,16-18,24,27H,5,8-9,11H2,1-3H3,(H,22,26)(H,23,28)/t16?,17-,18-/m0/s1. The van der Waals surface area contributed by atoms with Crippen molar-refractivity contribution >= 4 is 24.2 Å². The number of hydrogen-bond acceptors (Lipinski definition) is 7. The predicted molar refractivity (Wildman–Crippen MR) is 111 cm³/mol. The Morgan fingerprint density at radius 1 is 1.35 bits per heavy atom. The number of nitrogens with zero attached hydrogens (tertiary/aromatic N) is 1. The van der Waals surface area contributed by atoms with E-state index in [-0.39, 0.29) is 18.1 Å². The Bertz CT molecular complexity index is 800. The molecule has 2 rings (SSSR count). The Morgan fingerprint density at radius 3 is 2.71 bits per heavy atom. The van der Waals surface area contributed by atoms with Gasteiger partial charge in [0.05, 0.1) is 7.11 Å². The van der Waals surface area contributed by atoms with Crippen LogP contribution in [0.2, 0.25) is 0 Å². The van der Waals surface area contributed by atoms with E-state index in [0.717, 1.165) is 0 Å². The number of phenolic OH excluding ortho intramolecular Hbond substituents is 1. The summed E-state index contributed by atoms with van der Waals surface area (Å²) in [7, 11) is 1.28. The zero-order valence-corrected chi connectivity index (χ0v) is 18.0. The first kappa shape index (κ1) is 24.1. The van der Waals surface area contributed by atoms with Crippen LogP contribution in [-0.4, -0.2) is 66.1 Å². The van der Waals surface area contributed by atoms with Gasteiger partial charge in [-0.2, -0.15) is 0 Å². The third-order valence-electron chi connectivity index (χ3n) is 5.10. The predicted octanol–water partition coefficient (Wildman–Crippen LogP) is -0.141. The Morgan fingerprint density at radius 2 is 2.10 bits per heavy atom. The van der Waals surface area contributed by atoms with Gasteiger partial charge in [-0.15, -0.1) is 0 Å². The lowest BCUT2D eigenvalue weighted by molar-refractivity contribution is -0.151. The molecular formula is C21H30N4O6. The second-order valence-electron chi connectivity index (χ2n) is 7.78. The lowest BCUT2D eigenvalue weighted by Gasteiger charge is -2.35. The Kier molecular flexibility index (Phi) is 8.80. The molecule has 1 aromatic carbocycles. The van der Waals surface area contributed by atoms with Crippen molar-refractivity contribution in [3.63, 3.8) is 0 Å². The van der Waals surface area contributed by atoms with E-state index >= 15 is 0 Å². The molecule has 0 aromatic heterocycles. The maximum absolute atomic E-state index is 13.3. The SMILES string of the molecule is COC(=O)C1CCCN(C(=O)[C@H](Cc2cccc(O)c2)NC(=O)[C@@H](NC=O)C(C)C)N1. The first-order valence-corrected chi connectivity index (χ1v) is 10.2. The van der Waals surface area contributed by atoms with Gasteiger partial charge in [-0.25, -0.2) is 5.43 Å². The van der Waals surface area contributed by atoms with Crippen molar-refractivity contribution < 1.29 is 29.0 Å². The number of methoxy groups -OCH3 is 1. The van der Waals surface area contributed by atoms with E-state index < -0.39 is 35.9 Å². The van der Waals surface area contributed by atoms with Crippen LogP contribution in [0.1, 0.15) is 32.3 Å². The number of esters is 1. The van der Waals surface area contributed by atoms with E-state index in [2.05, 4.69) is 16.1 Å². The van der Waals surface area contributed by atoms with Crippen LogP contribution in [0.4, 0.5) is 0 Å². The number of phenols is 1. The van der Waals surface area contributed by atoms with Crippen molar-refractivity contribution in [2.45, 2.75) is 51.2 Å². The van der Waals surface area contributed by atoms with E-state index in [1.807, 2.05) is 0 Å². The number of carbonyl (C=O) groups excluding carboxylic acids is 4. The van der Waals surface area contributed by atoms with Crippen molar-refractivity contribution in [3.05, 3.63) is 29.8 Å². The largest absolute Gasteiger partial charge is 0.508 e. The highest BCUT2D eigenvalue weighted by Gasteiger charge is 2.34. The molecule has 0 aliphatic carbocycles. The van der Waals surface area contributed by atoms with Crippen LogP contribution in [0.3, 0.4) is 0 Å². The van der Waals surface area contributed by atoms with Gasteiger partial charge in [0.25, 0.3) is 5.91 Å². The van der Waals surface area contributed by atoms with Crippen LogP contribution in [0.5, 0.6) is 5.75 Å². The fourth-order valence-electron chi connectivity index (χ4n) is 3.47. The highest BCUT2D eigenvalue weighted by Crippen LogP contribution is 2.16. The van der Waals surface area contributed by atoms with Crippen LogP contribution in [0.15, 0.2) is 24.3 Å². The number of ether oxygens (including phenoxy) is 1. The minimum atomic E-state index is -0.979. The third-order valence-corrected chi connectivity index (χ3v) is 5.10. The molecule has 4 N–H and O–H groups in total. The van der Waals surface area contributed by atoms with Crippen LogP contribution in [0.25, 0.3) is 0 Å². The van der Waals surface area contributed by atoms with Crippen molar-refractivity contribution in [2.75, 3.05) is 13.7 Å². The quantitative estimate of drug-likeness (QED) is 0.314. The average Bonchev–Trinajstić information content (AvgIpc) is 2.75. The maximum atomic E-state index is 13.3. The Balaban J connectivity index is 2.23. The lowest BCUT2D eigenvalue weighted by atomic mass is 10.0. The van der Waals surface area contributed by atoms with E-state index in [0.29, 0.717) is 31.4 Å². The third kappa shape index (κ3) is 6.68. The van der Waals surface area contributed by atoms with Gasteiger partial charge in [0, 0.05) is 13.0 Å². The van der Waals surface area contributed by atoms with Gasteiger partial charge in [0.15, 0.2) is 0 Å². The molecule has 1 saturated heterocycles. The minimum Gasteiger partial charge on any atom is -0.508 e. The summed E-state index contributed by atoms with van der Waals surface area (Å²) in [5.74, 6) is -1.56. The molecular weight excluding hydrogens is 404 g/mol. The summed E-state index contributed by atoms with van der Waals surface area (Å²) >= 11 is 0. The molecule has 10 heteroatoms. The monoisotopic (exact) mass is 434 g/mol. The van der Waals surface area contributed by atoms with E-state index in [4.69, 9.17) is 4.74 Å². The highest BCUT2D eigenvalue weighted by molar-refractivity contribution is 5.91. The number of hydrogen-bond donors (Lipinski definition) is 4. The molecule has 1 fully saturated rings. The molecule has 1 aromatic rings. The number of amides is 3. The molecule has 1 heterocycles. The zero-order chi connectivity index (χ0) is 23.0. The Hall–Kier alpha value is -3.14. The van der Waals surface area contributed by atoms with Crippen LogP contribution >= 0.6 is 0 Å². The van der Waals surface area contributed by atoms with Gasteiger partial charge >= 0.3 is 5.97 Å². The second-order valence-corrected chi connectivity index (χ2v) is 7.78. The molecule has 1 aliphatic heterocycles. The summed E-state index contributed by atoms with van der Waals surface area (Å²) in [6, 6.07) is 3.95. The fraction of sp³-hybridized carbons (Fsp3) is 0.524. The number of hydrazine groups is 1. The topological polar surface area (TPSA) is 137 Å². The van der Waals surface area contributed by atoms with Gasteiger partial charge < -0.3 is 20.5 Å². The van der Waals surface area contributed by atoms with Crippen LogP contribution in [0, 0.1) is 5.92 Å². The van der Waals surface area contributed by atoms with Crippen LogP contribution < -0.4 is 16.1 Å². The fourth-order valence-corrected chi connectivity index (χ4v) is 3.47. The molecule has 3 atom stereocenters. The molecule has 0 saturated carbocycles. The van der Waals surface area contributed by atoms with Gasteiger partial charge in [0.1, 0.15) is 23.9 Å². The average molecular weight is 434 g/mol.